The fourth-order valence-electron chi connectivity index (χ4n) is 2.99. The van der Waals surface area contributed by atoms with Gasteiger partial charge in [0.25, 0.3) is 0 Å². The van der Waals surface area contributed by atoms with Crippen LogP contribution in [0.5, 0.6) is 0 Å². The van der Waals surface area contributed by atoms with Gasteiger partial charge >= 0.3 is 0 Å². The summed E-state index contributed by atoms with van der Waals surface area (Å²) in [6, 6.07) is 2.68. The van der Waals surface area contributed by atoms with Crippen LogP contribution in [0.15, 0.2) is 18.2 Å². The summed E-state index contributed by atoms with van der Waals surface area (Å²) in [5.74, 6) is -1.07. The number of sulfonamides is 1. The van der Waals surface area contributed by atoms with E-state index in [9.17, 15) is 17.2 Å². The van der Waals surface area contributed by atoms with Gasteiger partial charge in [-0.3, -0.25) is 0 Å². The number of halogens is 2. The quantitative estimate of drug-likeness (QED) is 0.860. The van der Waals surface area contributed by atoms with Gasteiger partial charge in [0.2, 0.25) is 10.0 Å². The average Bonchev–Trinajstić information content (AvgIpc) is 2.79. The van der Waals surface area contributed by atoms with Gasteiger partial charge in [0.05, 0.1) is 11.3 Å². The summed E-state index contributed by atoms with van der Waals surface area (Å²) < 4.78 is 53.6. The highest BCUT2D eigenvalue weighted by atomic mass is 32.2. The van der Waals surface area contributed by atoms with Crippen molar-refractivity contribution in [1.29, 1.82) is 0 Å². The second-order valence-electron chi connectivity index (χ2n) is 5.53. The summed E-state index contributed by atoms with van der Waals surface area (Å²) in [5, 5.41) is -0.334. The minimum Gasteiger partial charge on any atom is -0.212 e. The average molecular weight is 301 g/mol. The highest BCUT2D eigenvalue weighted by molar-refractivity contribution is 7.89. The van der Waals surface area contributed by atoms with Gasteiger partial charge in [-0.1, -0.05) is 6.42 Å². The van der Waals surface area contributed by atoms with E-state index < -0.39 is 27.7 Å². The molecule has 2 fully saturated rings. The van der Waals surface area contributed by atoms with Gasteiger partial charge in [0.15, 0.2) is 0 Å². The molecule has 0 unspecified atom stereocenters. The maximum atomic E-state index is 13.9. The Morgan fingerprint density at radius 2 is 1.85 bits per heavy atom. The van der Waals surface area contributed by atoms with Crippen LogP contribution < -0.4 is 0 Å². The maximum absolute atomic E-state index is 13.9. The molecule has 0 spiro atoms. The third-order valence-corrected chi connectivity index (χ3v) is 6.73. The lowest BCUT2D eigenvalue weighted by Crippen LogP contribution is -2.41. The standard InChI is InChI=1S/C14H17F2NO2S/c15-10-6-7-13(16)12(9-10)14-5-2-8-17(14)20(18,19)11-3-1-4-11/h6-7,9,11,14H,1-5,8H2/t14-/m1/s1. The Bertz CT molecular complexity index is 614. The molecular weight excluding hydrogens is 284 g/mol. The largest absolute Gasteiger partial charge is 0.217 e. The van der Waals surface area contributed by atoms with E-state index in [2.05, 4.69) is 0 Å². The second-order valence-corrected chi connectivity index (χ2v) is 7.70. The molecule has 0 bridgehead atoms. The summed E-state index contributed by atoms with van der Waals surface area (Å²) in [4.78, 5) is 0. The number of nitrogens with zero attached hydrogens (tertiary/aromatic N) is 1. The number of benzene rings is 1. The fraction of sp³-hybridized carbons (Fsp3) is 0.571. The SMILES string of the molecule is O=S(=O)(C1CCC1)N1CCC[C@@H]1c1cc(F)ccc1F. The molecule has 3 rings (SSSR count). The van der Waals surface area contributed by atoms with Gasteiger partial charge in [-0.25, -0.2) is 17.2 Å². The smallest absolute Gasteiger partial charge is 0.212 e. The molecule has 1 aromatic carbocycles. The van der Waals surface area contributed by atoms with Crippen LogP contribution >= 0.6 is 0 Å². The monoisotopic (exact) mass is 301 g/mol. The molecule has 0 N–H and O–H groups in total. The molecule has 6 heteroatoms. The molecule has 20 heavy (non-hydrogen) atoms. The van der Waals surface area contributed by atoms with E-state index in [1.807, 2.05) is 0 Å². The molecule has 2 aliphatic rings. The number of hydrogen-bond donors (Lipinski definition) is 0. The summed E-state index contributed by atoms with van der Waals surface area (Å²) in [7, 11) is -3.38. The van der Waals surface area contributed by atoms with Crippen molar-refractivity contribution in [2.75, 3.05) is 6.54 Å². The predicted molar refractivity (Wildman–Crippen MR) is 71.6 cm³/mol. The van der Waals surface area contributed by atoms with Crippen molar-refractivity contribution in [2.24, 2.45) is 0 Å². The Hall–Kier alpha value is -1.01. The highest BCUT2D eigenvalue weighted by Gasteiger charge is 2.42. The van der Waals surface area contributed by atoms with Crippen LogP contribution in [0.1, 0.15) is 43.7 Å². The van der Waals surface area contributed by atoms with Crippen LogP contribution in [-0.2, 0) is 10.0 Å². The highest BCUT2D eigenvalue weighted by Crippen LogP contribution is 2.40. The Balaban J connectivity index is 1.94. The van der Waals surface area contributed by atoms with E-state index in [1.54, 1.807) is 0 Å². The van der Waals surface area contributed by atoms with E-state index in [4.69, 9.17) is 0 Å². The normalized spacial score (nSPS) is 24.8. The van der Waals surface area contributed by atoms with Gasteiger partial charge in [0.1, 0.15) is 11.6 Å². The van der Waals surface area contributed by atoms with E-state index in [1.165, 1.54) is 4.31 Å². The van der Waals surface area contributed by atoms with Gasteiger partial charge in [-0.2, -0.15) is 4.31 Å². The molecule has 1 aliphatic heterocycles. The molecule has 0 amide bonds. The lowest BCUT2D eigenvalue weighted by Gasteiger charge is -2.33. The molecule has 110 valence electrons. The molecule has 0 aromatic heterocycles. The van der Waals surface area contributed by atoms with Gasteiger partial charge in [-0.15, -0.1) is 0 Å². The minimum atomic E-state index is -3.38. The molecule has 1 saturated carbocycles. The summed E-state index contributed by atoms with van der Waals surface area (Å²) in [5.41, 5.74) is 0.158. The van der Waals surface area contributed by atoms with Gasteiger partial charge < -0.3 is 0 Å². The van der Waals surface area contributed by atoms with Crippen LogP contribution in [0.2, 0.25) is 0 Å². The van der Waals surface area contributed by atoms with E-state index >= 15 is 0 Å². The molecular formula is C14H17F2NO2S. The summed E-state index contributed by atoms with van der Waals surface area (Å²) >= 11 is 0. The zero-order valence-electron chi connectivity index (χ0n) is 11.1. The van der Waals surface area contributed by atoms with E-state index in [0.717, 1.165) is 24.6 Å². The second kappa shape index (κ2) is 5.07. The zero-order chi connectivity index (χ0) is 14.3. The third-order valence-electron chi connectivity index (χ3n) is 4.32. The number of rotatable bonds is 3. The molecule has 3 nitrogen and oxygen atoms in total. The van der Waals surface area contributed by atoms with Crippen molar-refractivity contribution in [1.82, 2.24) is 4.31 Å². The molecule has 1 aromatic rings. The van der Waals surface area contributed by atoms with Crippen LogP contribution in [-0.4, -0.2) is 24.5 Å². The van der Waals surface area contributed by atoms with Crippen molar-refractivity contribution in [3.63, 3.8) is 0 Å². The topological polar surface area (TPSA) is 37.4 Å². The van der Waals surface area contributed by atoms with Crippen molar-refractivity contribution < 1.29 is 17.2 Å². The first kappa shape index (κ1) is 13.9. The Morgan fingerprint density at radius 3 is 2.50 bits per heavy atom. The van der Waals surface area contributed by atoms with Crippen molar-refractivity contribution in [3.8, 4) is 0 Å². The molecule has 1 saturated heterocycles. The maximum Gasteiger partial charge on any atom is 0.217 e. The third kappa shape index (κ3) is 2.24. The molecule has 0 radical (unpaired) electrons. The van der Waals surface area contributed by atoms with E-state index in [-0.39, 0.29) is 10.8 Å². The Morgan fingerprint density at radius 1 is 1.10 bits per heavy atom. The summed E-state index contributed by atoms with van der Waals surface area (Å²) in [6.45, 7) is 0.402. The van der Waals surface area contributed by atoms with Crippen molar-refractivity contribution in [2.45, 2.75) is 43.4 Å². The van der Waals surface area contributed by atoms with Crippen molar-refractivity contribution in [3.05, 3.63) is 35.4 Å². The zero-order valence-corrected chi connectivity index (χ0v) is 11.9. The summed E-state index contributed by atoms with van der Waals surface area (Å²) in [6.07, 6.45) is 3.52. The fourth-order valence-corrected chi connectivity index (χ4v) is 5.25. The Kier molecular flexibility index (Phi) is 3.54. The minimum absolute atomic E-state index is 0.158. The van der Waals surface area contributed by atoms with Gasteiger partial charge in [-0.05, 0) is 43.9 Å². The first-order valence-corrected chi connectivity index (χ1v) is 8.46. The molecule has 1 atom stereocenters. The van der Waals surface area contributed by atoms with Crippen LogP contribution in [0.25, 0.3) is 0 Å². The first-order chi connectivity index (χ1) is 9.50. The van der Waals surface area contributed by atoms with E-state index in [0.29, 0.717) is 32.2 Å². The molecule has 1 aliphatic carbocycles. The number of hydrogen-bond acceptors (Lipinski definition) is 2. The lowest BCUT2D eigenvalue weighted by molar-refractivity contribution is 0.360. The Labute approximate surface area is 117 Å². The lowest BCUT2D eigenvalue weighted by atomic mass is 10.0. The molecule has 1 heterocycles. The predicted octanol–water partition coefficient (Wildman–Crippen LogP) is 2.98. The van der Waals surface area contributed by atoms with Crippen LogP contribution in [0.3, 0.4) is 0 Å². The van der Waals surface area contributed by atoms with Gasteiger partial charge in [0, 0.05) is 12.1 Å². The van der Waals surface area contributed by atoms with Crippen molar-refractivity contribution >= 4 is 10.0 Å². The van der Waals surface area contributed by atoms with Crippen LogP contribution in [0, 0.1) is 11.6 Å². The first-order valence-electron chi connectivity index (χ1n) is 6.96. The van der Waals surface area contributed by atoms with Crippen LogP contribution in [0.4, 0.5) is 8.78 Å².